The number of benzene rings is 1. The van der Waals surface area contributed by atoms with Crippen LogP contribution >= 0.6 is 31.9 Å². The maximum Gasteiger partial charge on any atom is 0.260 e. The number of hydrogen-bond donors (Lipinski definition) is 1. The van der Waals surface area contributed by atoms with Crippen molar-refractivity contribution in [1.82, 2.24) is 10.1 Å². The lowest BCUT2D eigenvalue weighted by molar-refractivity contribution is 0.0903. The van der Waals surface area contributed by atoms with Gasteiger partial charge in [-0.15, -0.1) is 0 Å². The Hall–Kier alpha value is -0.920. The third kappa shape index (κ3) is 2.98. The third-order valence-corrected chi connectivity index (χ3v) is 3.82. The Labute approximate surface area is 127 Å². The zero-order valence-electron chi connectivity index (χ0n) is 10.5. The summed E-state index contributed by atoms with van der Waals surface area (Å²) in [5.41, 5.74) is 7.25. The van der Waals surface area contributed by atoms with E-state index in [0.29, 0.717) is 23.0 Å². The normalized spacial score (nSPS) is 12.6. The van der Waals surface area contributed by atoms with E-state index in [4.69, 9.17) is 15.0 Å². The van der Waals surface area contributed by atoms with Crippen LogP contribution in [-0.4, -0.2) is 17.3 Å². The van der Waals surface area contributed by atoms with Crippen LogP contribution in [0, 0.1) is 0 Å². The number of anilines is 1. The summed E-state index contributed by atoms with van der Waals surface area (Å²) in [4.78, 5) is 4.34. The van der Waals surface area contributed by atoms with Crippen molar-refractivity contribution in [3.8, 4) is 11.5 Å². The van der Waals surface area contributed by atoms with Gasteiger partial charge in [-0.1, -0.05) is 28.0 Å². The molecule has 2 aromatic rings. The molecule has 0 amide bonds. The summed E-state index contributed by atoms with van der Waals surface area (Å²) in [5, 5.41) is 3.94. The van der Waals surface area contributed by atoms with Gasteiger partial charge in [0.15, 0.2) is 0 Å². The number of nitrogens with zero attached hydrogens (tertiary/aromatic N) is 2. The van der Waals surface area contributed by atoms with Crippen LogP contribution < -0.4 is 5.73 Å². The van der Waals surface area contributed by atoms with Gasteiger partial charge in [-0.05, 0) is 34.5 Å². The molecular weight excluding hydrogens is 378 g/mol. The molecule has 0 aliphatic rings. The molecule has 1 atom stereocenters. The molecule has 5 nitrogen and oxygen atoms in total. The maximum absolute atomic E-state index is 6.01. The van der Waals surface area contributed by atoms with Crippen LogP contribution in [-0.2, 0) is 4.74 Å². The summed E-state index contributed by atoms with van der Waals surface area (Å²) < 4.78 is 12.2. The van der Waals surface area contributed by atoms with Gasteiger partial charge < -0.3 is 15.0 Å². The van der Waals surface area contributed by atoms with E-state index in [2.05, 4.69) is 42.0 Å². The van der Waals surface area contributed by atoms with Gasteiger partial charge in [0.2, 0.25) is 5.82 Å². The van der Waals surface area contributed by atoms with Crippen molar-refractivity contribution in [3.63, 3.8) is 0 Å². The van der Waals surface area contributed by atoms with E-state index in [-0.39, 0.29) is 6.10 Å². The molecule has 0 fully saturated rings. The van der Waals surface area contributed by atoms with E-state index in [1.165, 1.54) is 0 Å². The van der Waals surface area contributed by atoms with Gasteiger partial charge in [0.25, 0.3) is 5.89 Å². The van der Waals surface area contributed by atoms with Crippen LogP contribution in [0.4, 0.5) is 5.69 Å². The summed E-state index contributed by atoms with van der Waals surface area (Å²) in [6, 6.07) is 3.70. The highest BCUT2D eigenvalue weighted by Gasteiger charge is 2.19. The fourth-order valence-corrected chi connectivity index (χ4v) is 2.92. The Morgan fingerprint density at radius 3 is 2.79 bits per heavy atom. The SMILES string of the molecule is CCC(OC)c1noc(-c2cc(Br)cc(Br)c2N)n1. The first-order valence-electron chi connectivity index (χ1n) is 5.68. The number of ether oxygens (including phenoxy) is 1. The minimum absolute atomic E-state index is 0.172. The number of methoxy groups -OCH3 is 1. The molecule has 1 unspecified atom stereocenters. The predicted molar refractivity (Wildman–Crippen MR) is 79.6 cm³/mol. The second-order valence-electron chi connectivity index (χ2n) is 3.94. The molecule has 0 aliphatic heterocycles. The lowest BCUT2D eigenvalue weighted by Gasteiger charge is -2.06. The summed E-state index contributed by atoms with van der Waals surface area (Å²) >= 11 is 6.80. The molecule has 7 heteroatoms. The molecule has 0 saturated carbocycles. The Morgan fingerprint density at radius 2 is 2.16 bits per heavy atom. The first-order chi connectivity index (χ1) is 9.06. The van der Waals surface area contributed by atoms with E-state index in [1.807, 2.05) is 19.1 Å². The predicted octanol–water partition coefficient (Wildman–Crippen LogP) is 3.94. The van der Waals surface area contributed by atoms with Crippen molar-refractivity contribution in [3.05, 3.63) is 26.9 Å². The number of halogens is 2. The molecule has 0 bridgehead atoms. The van der Waals surface area contributed by atoms with E-state index in [1.54, 1.807) is 7.11 Å². The highest BCUT2D eigenvalue weighted by molar-refractivity contribution is 9.11. The van der Waals surface area contributed by atoms with Crippen LogP contribution in [0.2, 0.25) is 0 Å². The number of rotatable bonds is 4. The molecule has 1 aromatic heterocycles. The van der Waals surface area contributed by atoms with Crippen LogP contribution in [0.1, 0.15) is 25.3 Å². The largest absolute Gasteiger partial charge is 0.397 e. The lowest BCUT2D eigenvalue weighted by atomic mass is 10.2. The van der Waals surface area contributed by atoms with Crippen LogP contribution in [0.15, 0.2) is 25.6 Å². The van der Waals surface area contributed by atoms with Crippen molar-refractivity contribution >= 4 is 37.5 Å². The minimum Gasteiger partial charge on any atom is -0.397 e. The van der Waals surface area contributed by atoms with Gasteiger partial charge in [0, 0.05) is 16.1 Å². The van der Waals surface area contributed by atoms with Gasteiger partial charge in [0.1, 0.15) is 6.10 Å². The van der Waals surface area contributed by atoms with Crippen molar-refractivity contribution in [2.45, 2.75) is 19.4 Å². The number of nitrogen functional groups attached to an aromatic ring is 1. The second kappa shape index (κ2) is 6.02. The van der Waals surface area contributed by atoms with Crippen LogP contribution in [0.25, 0.3) is 11.5 Å². The van der Waals surface area contributed by atoms with Gasteiger partial charge in [-0.25, -0.2) is 0 Å². The van der Waals surface area contributed by atoms with Crippen molar-refractivity contribution in [2.24, 2.45) is 0 Å². The van der Waals surface area contributed by atoms with E-state index >= 15 is 0 Å². The maximum atomic E-state index is 6.01. The average Bonchev–Trinajstić information content (AvgIpc) is 2.85. The van der Waals surface area contributed by atoms with E-state index in [9.17, 15) is 0 Å². The molecule has 102 valence electrons. The molecule has 1 heterocycles. The van der Waals surface area contributed by atoms with Crippen molar-refractivity contribution < 1.29 is 9.26 Å². The Morgan fingerprint density at radius 1 is 1.42 bits per heavy atom. The van der Waals surface area contributed by atoms with Crippen LogP contribution in [0.3, 0.4) is 0 Å². The highest BCUT2D eigenvalue weighted by atomic mass is 79.9. The summed E-state index contributed by atoms with van der Waals surface area (Å²) in [5.74, 6) is 0.903. The molecule has 0 saturated heterocycles. The summed E-state index contributed by atoms with van der Waals surface area (Å²) in [6.45, 7) is 1.99. The number of nitrogens with two attached hydrogens (primary N) is 1. The second-order valence-corrected chi connectivity index (χ2v) is 5.71. The molecule has 19 heavy (non-hydrogen) atoms. The quantitative estimate of drug-likeness (QED) is 0.800. The number of hydrogen-bond acceptors (Lipinski definition) is 5. The average molecular weight is 391 g/mol. The minimum atomic E-state index is -0.172. The van der Waals surface area contributed by atoms with E-state index < -0.39 is 0 Å². The van der Waals surface area contributed by atoms with Crippen molar-refractivity contribution in [2.75, 3.05) is 12.8 Å². The fraction of sp³-hybridized carbons (Fsp3) is 0.333. The molecule has 1 aromatic carbocycles. The van der Waals surface area contributed by atoms with Gasteiger partial charge >= 0.3 is 0 Å². The van der Waals surface area contributed by atoms with Crippen molar-refractivity contribution in [1.29, 1.82) is 0 Å². The topological polar surface area (TPSA) is 74.2 Å². The summed E-state index contributed by atoms with van der Waals surface area (Å²) in [7, 11) is 1.62. The molecular formula is C12H13Br2N3O2. The first-order valence-corrected chi connectivity index (χ1v) is 7.26. The third-order valence-electron chi connectivity index (χ3n) is 2.71. The van der Waals surface area contributed by atoms with E-state index in [0.717, 1.165) is 15.4 Å². The Balaban J connectivity index is 2.43. The van der Waals surface area contributed by atoms with Crippen LogP contribution in [0.5, 0.6) is 0 Å². The molecule has 2 rings (SSSR count). The first kappa shape index (κ1) is 14.5. The monoisotopic (exact) mass is 389 g/mol. The zero-order chi connectivity index (χ0) is 14.0. The smallest absolute Gasteiger partial charge is 0.260 e. The zero-order valence-corrected chi connectivity index (χ0v) is 13.7. The standard InChI is InChI=1S/C12H13Br2N3O2/c1-3-9(18-2)11-16-12(19-17-11)7-4-6(13)5-8(14)10(7)15/h4-5,9H,3,15H2,1-2H3. The molecule has 2 N–H and O–H groups in total. The number of aromatic nitrogens is 2. The molecule has 0 aliphatic carbocycles. The Kier molecular flexibility index (Phi) is 4.59. The van der Waals surface area contributed by atoms with Gasteiger partial charge in [0.05, 0.1) is 11.3 Å². The highest BCUT2D eigenvalue weighted by Crippen LogP contribution is 2.34. The fourth-order valence-electron chi connectivity index (χ4n) is 1.69. The summed E-state index contributed by atoms with van der Waals surface area (Å²) in [6.07, 6.45) is 0.599. The van der Waals surface area contributed by atoms with Gasteiger partial charge in [-0.2, -0.15) is 4.98 Å². The molecule has 0 spiro atoms. The Bertz CT molecular complexity index is 582. The van der Waals surface area contributed by atoms with Gasteiger partial charge in [-0.3, -0.25) is 0 Å². The lowest BCUT2D eigenvalue weighted by Crippen LogP contribution is -2.01. The molecule has 0 radical (unpaired) electrons.